The molecule has 0 N–H and O–H groups in total. The molecule has 0 radical (unpaired) electrons. The van der Waals surface area contributed by atoms with Gasteiger partial charge in [-0.25, -0.2) is 0 Å². The minimum atomic E-state index is -1.39. The van der Waals surface area contributed by atoms with Crippen LogP contribution in [-0.2, 0) is 0 Å². The van der Waals surface area contributed by atoms with E-state index in [0.29, 0.717) is 0 Å². The molecular weight excluding hydrogens is 257 g/mol. The van der Waals surface area contributed by atoms with Crippen molar-refractivity contribution in [2.75, 3.05) is 26.2 Å². The molecule has 96 valence electrons. The number of nitrogens with zero attached hydrogens (tertiary/aromatic N) is 2. The average molecular weight is 287 g/mol. The molecule has 0 bridgehead atoms. The topological polar surface area (TPSA) is 6.48 Å². The van der Waals surface area contributed by atoms with E-state index < -0.39 is 14.8 Å². The van der Waals surface area contributed by atoms with Gasteiger partial charge in [-0.2, -0.15) is 0 Å². The van der Waals surface area contributed by atoms with Crippen LogP contribution in [0.2, 0.25) is 4.75 Å². The van der Waals surface area contributed by atoms with Gasteiger partial charge in [-0.3, -0.25) is 0 Å². The van der Waals surface area contributed by atoms with Gasteiger partial charge in [-0.05, 0) is 0 Å². The molecule has 0 heterocycles. The van der Waals surface area contributed by atoms with Crippen LogP contribution in [0.1, 0.15) is 53.4 Å². The number of hydrogen-bond acceptors (Lipinski definition) is 2. The summed E-state index contributed by atoms with van der Waals surface area (Å²) in [5.41, 5.74) is 0. The molecule has 0 amide bonds. The van der Waals surface area contributed by atoms with Crippen molar-refractivity contribution >= 4 is 14.8 Å². The van der Waals surface area contributed by atoms with Gasteiger partial charge >= 0.3 is 107 Å². The zero-order chi connectivity index (χ0) is 12.0. The van der Waals surface area contributed by atoms with Gasteiger partial charge in [0.05, 0.1) is 0 Å². The van der Waals surface area contributed by atoms with Crippen molar-refractivity contribution in [1.82, 2.24) is 7.71 Å². The van der Waals surface area contributed by atoms with Gasteiger partial charge in [0.15, 0.2) is 0 Å². The first-order valence-corrected chi connectivity index (χ1v) is 10.8. The van der Waals surface area contributed by atoms with Crippen molar-refractivity contribution in [1.29, 1.82) is 0 Å². The molecule has 0 spiro atoms. The Morgan fingerprint density at radius 1 is 0.812 bits per heavy atom. The van der Waals surface area contributed by atoms with Gasteiger partial charge in [0.1, 0.15) is 0 Å². The summed E-state index contributed by atoms with van der Waals surface area (Å²) in [6.07, 6.45) is 6.04. The van der Waals surface area contributed by atoms with E-state index in [2.05, 4.69) is 35.4 Å². The molecule has 2 nitrogen and oxygen atoms in total. The Bertz CT molecular complexity index is 158. The van der Waals surface area contributed by atoms with Crippen LogP contribution >= 0.6 is 0 Å². The summed E-state index contributed by atoms with van der Waals surface area (Å²) in [6.45, 7) is 14.5. The third-order valence-electron chi connectivity index (χ3n) is 4.19. The zero-order valence-electron chi connectivity index (χ0n) is 11.7. The van der Waals surface area contributed by atoms with Gasteiger partial charge in [-0.1, -0.05) is 0 Å². The fraction of sp³-hybridized carbons (Fsp3) is 1.00. The van der Waals surface area contributed by atoms with Crippen LogP contribution in [0, 0.1) is 0 Å². The molecule has 16 heavy (non-hydrogen) atoms. The maximum absolute atomic E-state index is 2.84. The molecule has 1 aliphatic carbocycles. The van der Waals surface area contributed by atoms with E-state index in [1.807, 2.05) is 0 Å². The van der Waals surface area contributed by atoms with E-state index in [0.717, 1.165) is 4.75 Å². The van der Waals surface area contributed by atoms with Crippen molar-refractivity contribution in [2.24, 2.45) is 0 Å². The van der Waals surface area contributed by atoms with Crippen LogP contribution in [0.3, 0.4) is 0 Å². The number of hydrogen-bond donors (Lipinski definition) is 0. The van der Waals surface area contributed by atoms with E-state index in [1.165, 1.54) is 51.9 Å². The molecule has 0 atom stereocenters. The van der Waals surface area contributed by atoms with Crippen LogP contribution in [0.25, 0.3) is 0 Å². The molecule has 1 saturated carbocycles. The standard InChI is InChI=1S/C13H30GeN2/c1-5-15(6-2)14(16(7-3)8-4)13-11-9-10-12-13/h13-14H,5-12H2,1-4H3. The van der Waals surface area contributed by atoms with Crippen LogP contribution in [0.4, 0.5) is 0 Å². The molecular formula is C13H30GeN2. The SMILES string of the molecule is CC[N](CC)[GeH]([CH]1CCCC1)[N](CC)CC. The van der Waals surface area contributed by atoms with Crippen LogP contribution in [-0.4, -0.2) is 48.7 Å². The van der Waals surface area contributed by atoms with Gasteiger partial charge in [-0.15, -0.1) is 0 Å². The van der Waals surface area contributed by atoms with Crippen molar-refractivity contribution in [3.8, 4) is 0 Å². The summed E-state index contributed by atoms with van der Waals surface area (Å²) < 4.78 is 6.79. The Balaban J connectivity index is 2.73. The second-order valence-corrected chi connectivity index (χ2v) is 11.7. The van der Waals surface area contributed by atoms with Crippen molar-refractivity contribution in [3.05, 3.63) is 0 Å². The molecule has 1 aliphatic rings. The zero-order valence-corrected chi connectivity index (χ0v) is 14.1. The quantitative estimate of drug-likeness (QED) is 0.664. The molecule has 0 saturated heterocycles. The minimum absolute atomic E-state index is 1.10. The second-order valence-electron chi connectivity index (χ2n) is 4.90. The Morgan fingerprint density at radius 2 is 1.19 bits per heavy atom. The van der Waals surface area contributed by atoms with E-state index in [-0.39, 0.29) is 0 Å². The van der Waals surface area contributed by atoms with Crippen molar-refractivity contribution in [2.45, 2.75) is 58.1 Å². The van der Waals surface area contributed by atoms with Gasteiger partial charge in [0.25, 0.3) is 0 Å². The Morgan fingerprint density at radius 3 is 1.50 bits per heavy atom. The normalized spacial score (nSPS) is 18.2. The number of rotatable bonds is 7. The second kappa shape index (κ2) is 7.72. The fourth-order valence-electron chi connectivity index (χ4n) is 3.28. The van der Waals surface area contributed by atoms with Crippen molar-refractivity contribution < 1.29 is 0 Å². The first-order chi connectivity index (χ1) is 7.78. The summed E-state index contributed by atoms with van der Waals surface area (Å²) in [4.78, 5) is 0. The molecule has 1 fully saturated rings. The van der Waals surface area contributed by atoms with Gasteiger partial charge < -0.3 is 0 Å². The van der Waals surface area contributed by atoms with E-state index in [9.17, 15) is 0 Å². The summed E-state index contributed by atoms with van der Waals surface area (Å²) in [5, 5.41) is 0. The van der Waals surface area contributed by atoms with Crippen LogP contribution in [0.15, 0.2) is 0 Å². The molecule has 3 heteroatoms. The Hall–Kier alpha value is 0.463. The Kier molecular flexibility index (Phi) is 7.01. The molecule has 0 aromatic rings. The predicted molar refractivity (Wildman–Crippen MR) is 75.2 cm³/mol. The van der Waals surface area contributed by atoms with Crippen molar-refractivity contribution in [3.63, 3.8) is 0 Å². The van der Waals surface area contributed by atoms with E-state index >= 15 is 0 Å². The maximum atomic E-state index is 2.84. The molecule has 0 aliphatic heterocycles. The summed E-state index contributed by atoms with van der Waals surface area (Å²) in [7, 11) is 0. The summed E-state index contributed by atoms with van der Waals surface area (Å²) in [6, 6.07) is 0. The third-order valence-corrected chi connectivity index (χ3v) is 13.6. The van der Waals surface area contributed by atoms with Gasteiger partial charge in [0, 0.05) is 0 Å². The molecule has 0 unspecified atom stereocenters. The van der Waals surface area contributed by atoms with E-state index in [1.54, 1.807) is 0 Å². The van der Waals surface area contributed by atoms with Crippen LogP contribution < -0.4 is 0 Å². The summed E-state index contributed by atoms with van der Waals surface area (Å²) >= 11 is -1.39. The molecule has 0 aromatic carbocycles. The van der Waals surface area contributed by atoms with Gasteiger partial charge in [0.2, 0.25) is 0 Å². The fourth-order valence-corrected chi connectivity index (χ4v) is 12.1. The Labute approximate surface area is 107 Å². The molecule has 0 aromatic heterocycles. The first kappa shape index (κ1) is 14.5. The monoisotopic (exact) mass is 288 g/mol. The van der Waals surface area contributed by atoms with Crippen LogP contribution in [0.5, 0.6) is 0 Å². The van der Waals surface area contributed by atoms with E-state index in [4.69, 9.17) is 0 Å². The summed E-state index contributed by atoms with van der Waals surface area (Å²) in [5.74, 6) is 0. The first-order valence-electron chi connectivity index (χ1n) is 7.26. The molecule has 1 rings (SSSR count). The predicted octanol–water partition coefficient (Wildman–Crippen LogP) is 2.83. The third kappa shape index (κ3) is 3.48. The average Bonchev–Trinajstić information content (AvgIpc) is 2.83.